The summed E-state index contributed by atoms with van der Waals surface area (Å²) in [5.41, 5.74) is 0.140. The van der Waals surface area contributed by atoms with Gasteiger partial charge in [0.1, 0.15) is 6.54 Å². The van der Waals surface area contributed by atoms with Crippen LogP contribution in [0.3, 0.4) is 0 Å². The number of carbonyl (C=O) groups excluding carboxylic acids is 1. The fraction of sp³-hybridized carbons (Fsp3) is 0.174. The zero-order chi connectivity index (χ0) is 23.8. The molecular weight excluding hydrogens is 523 g/mol. The van der Waals surface area contributed by atoms with Crippen molar-refractivity contribution in [1.82, 2.24) is 5.32 Å². The van der Waals surface area contributed by atoms with Gasteiger partial charge in [0.15, 0.2) is 0 Å². The lowest BCUT2D eigenvalue weighted by molar-refractivity contribution is -0.119. The fourth-order valence-corrected chi connectivity index (χ4v) is 5.79. The molecule has 5 nitrogen and oxygen atoms in total. The number of hydrogen-bond donors (Lipinski definition) is 1. The smallest absolute Gasteiger partial charge is 0.264 e. The van der Waals surface area contributed by atoms with E-state index in [4.69, 9.17) is 34.8 Å². The van der Waals surface area contributed by atoms with Crippen LogP contribution >= 0.6 is 46.6 Å². The molecule has 3 aromatic rings. The standard InChI is InChI=1S/C23H21Cl3N2O3S2/c24-17-10-12-18(13-11-17)32-15-5-14-27-22(29)16-28(21-9-4-8-20(25)23(21)26)33(30,31)19-6-2-1-3-7-19/h1-4,6-13H,5,14-16H2,(H,27,29). The molecule has 33 heavy (non-hydrogen) atoms. The molecule has 10 heteroatoms. The number of nitrogens with one attached hydrogen (secondary N) is 1. The van der Waals surface area contributed by atoms with Crippen LogP contribution < -0.4 is 9.62 Å². The molecule has 3 rings (SSSR count). The largest absolute Gasteiger partial charge is 0.354 e. The Morgan fingerprint density at radius 1 is 0.909 bits per heavy atom. The summed E-state index contributed by atoms with van der Waals surface area (Å²) in [5, 5.41) is 3.72. The zero-order valence-corrected chi connectivity index (χ0v) is 21.3. The molecule has 0 bridgehead atoms. The number of halogens is 3. The Labute approximate surface area is 213 Å². The van der Waals surface area contributed by atoms with Crippen LogP contribution in [0.4, 0.5) is 5.69 Å². The Hall–Kier alpha value is -1.90. The molecule has 0 aromatic heterocycles. The molecule has 0 aliphatic carbocycles. The first-order valence-corrected chi connectivity index (χ1v) is 13.5. The second kappa shape index (κ2) is 12.0. The lowest BCUT2D eigenvalue weighted by Gasteiger charge is -2.25. The van der Waals surface area contributed by atoms with Gasteiger partial charge in [0.2, 0.25) is 5.91 Å². The van der Waals surface area contributed by atoms with Crippen molar-refractivity contribution in [3.05, 3.63) is 87.9 Å². The molecule has 0 saturated carbocycles. The monoisotopic (exact) mass is 542 g/mol. The van der Waals surface area contributed by atoms with Crippen molar-refractivity contribution in [3.63, 3.8) is 0 Å². The third-order valence-corrected chi connectivity index (χ3v) is 8.48. The van der Waals surface area contributed by atoms with Gasteiger partial charge in [0.05, 0.1) is 20.6 Å². The Morgan fingerprint density at radius 2 is 1.61 bits per heavy atom. The maximum absolute atomic E-state index is 13.3. The second-order valence-corrected chi connectivity index (χ2v) is 11.2. The SMILES string of the molecule is O=C(CN(c1cccc(Cl)c1Cl)S(=O)(=O)c1ccccc1)NCCCSc1ccc(Cl)cc1. The molecular formula is C23H21Cl3N2O3S2. The van der Waals surface area contributed by atoms with Crippen LogP contribution in [0.15, 0.2) is 82.6 Å². The van der Waals surface area contributed by atoms with Crippen molar-refractivity contribution in [3.8, 4) is 0 Å². The summed E-state index contributed by atoms with van der Waals surface area (Å²) < 4.78 is 27.6. The van der Waals surface area contributed by atoms with Gasteiger partial charge in [-0.15, -0.1) is 11.8 Å². The second-order valence-electron chi connectivity index (χ2n) is 6.90. The number of benzene rings is 3. The molecule has 0 aliphatic heterocycles. The first kappa shape index (κ1) is 25.7. The van der Waals surface area contributed by atoms with Crippen molar-refractivity contribution in [2.24, 2.45) is 0 Å². The summed E-state index contributed by atoms with van der Waals surface area (Å²) in [6.45, 7) is -0.0243. The molecule has 0 heterocycles. The normalized spacial score (nSPS) is 11.2. The summed E-state index contributed by atoms with van der Waals surface area (Å²) in [7, 11) is -4.05. The predicted molar refractivity (Wildman–Crippen MR) is 137 cm³/mol. The first-order valence-electron chi connectivity index (χ1n) is 9.96. The van der Waals surface area contributed by atoms with Gasteiger partial charge in [-0.2, -0.15) is 0 Å². The van der Waals surface area contributed by atoms with E-state index in [1.165, 1.54) is 18.2 Å². The van der Waals surface area contributed by atoms with E-state index < -0.39 is 22.5 Å². The quantitative estimate of drug-likeness (QED) is 0.246. The van der Waals surface area contributed by atoms with E-state index in [1.54, 1.807) is 42.1 Å². The summed E-state index contributed by atoms with van der Waals surface area (Å²) in [5.74, 6) is 0.343. The van der Waals surface area contributed by atoms with Gasteiger partial charge in [-0.1, -0.05) is 59.1 Å². The first-order chi connectivity index (χ1) is 15.8. The number of nitrogens with zero attached hydrogens (tertiary/aromatic N) is 1. The average molecular weight is 544 g/mol. The van der Waals surface area contributed by atoms with Crippen LogP contribution in [0.2, 0.25) is 15.1 Å². The van der Waals surface area contributed by atoms with Crippen LogP contribution in [0.5, 0.6) is 0 Å². The van der Waals surface area contributed by atoms with Crippen LogP contribution in [-0.4, -0.2) is 33.2 Å². The van der Waals surface area contributed by atoms with E-state index in [1.807, 2.05) is 24.3 Å². The molecule has 0 aliphatic rings. The molecule has 0 spiro atoms. The third-order valence-electron chi connectivity index (χ3n) is 4.54. The molecule has 174 valence electrons. The predicted octanol–water partition coefficient (Wildman–Crippen LogP) is 6.14. The highest BCUT2D eigenvalue weighted by molar-refractivity contribution is 7.99. The molecule has 0 radical (unpaired) electrons. The average Bonchev–Trinajstić information content (AvgIpc) is 2.81. The number of thioether (sulfide) groups is 1. The fourth-order valence-electron chi connectivity index (χ4n) is 2.91. The van der Waals surface area contributed by atoms with Gasteiger partial charge in [-0.25, -0.2) is 8.42 Å². The van der Waals surface area contributed by atoms with E-state index >= 15 is 0 Å². The Bertz CT molecular complexity index is 1190. The highest BCUT2D eigenvalue weighted by Gasteiger charge is 2.29. The van der Waals surface area contributed by atoms with E-state index in [0.717, 1.165) is 15.0 Å². The van der Waals surface area contributed by atoms with E-state index in [9.17, 15) is 13.2 Å². The summed E-state index contributed by atoms with van der Waals surface area (Å²) >= 11 is 19.9. The van der Waals surface area contributed by atoms with Crippen molar-refractivity contribution in [1.29, 1.82) is 0 Å². The van der Waals surface area contributed by atoms with Gasteiger partial charge in [0, 0.05) is 16.5 Å². The zero-order valence-electron chi connectivity index (χ0n) is 17.4. The van der Waals surface area contributed by atoms with E-state index in [2.05, 4.69) is 5.32 Å². The number of amides is 1. The van der Waals surface area contributed by atoms with Gasteiger partial charge in [-0.3, -0.25) is 9.10 Å². The number of rotatable bonds is 10. The maximum atomic E-state index is 13.3. The minimum Gasteiger partial charge on any atom is -0.354 e. The molecule has 3 aromatic carbocycles. The van der Waals surface area contributed by atoms with Crippen molar-refractivity contribution in [2.75, 3.05) is 23.1 Å². The third kappa shape index (κ3) is 7.04. The number of hydrogen-bond acceptors (Lipinski definition) is 4. The molecule has 0 atom stereocenters. The minimum atomic E-state index is -4.05. The van der Waals surface area contributed by atoms with Gasteiger partial charge < -0.3 is 5.32 Å². The number of carbonyl (C=O) groups is 1. The van der Waals surface area contributed by atoms with Crippen molar-refractivity contribution < 1.29 is 13.2 Å². The lowest BCUT2D eigenvalue weighted by atomic mass is 10.3. The van der Waals surface area contributed by atoms with Gasteiger partial charge >= 0.3 is 0 Å². The Kier molecular flexibility index (Phi) is 9.35. The van der Waals surface area contributed by atoms with Crippen LogP contribution in [0, 0.1) is 0 Å². The number of anilines is 1. The molecule has 0 fully saturated rings. The molecule has 0 unspecified atom stereocenters. The minimum absolute atomic E-state index is 0.0493. The molecule has 1 N–H and O–H groups in total. The number of sulfonamides is 1. The summed E-state index contributed by atoms with van der Waals surface area (Å²) in [6.07, 6.45) is 0.711. The summed E-state index contributed by atoms with van der Waals surface area (Å²) in [6, 6.07) is 20.1. The molecule has 0 saturated heterocycles. The van der Waals surface area contributed by atoms with Gasteiger partial charge in [-0.05, 0) is 60.7 Å². The lowest BCUT2D eigenvalue weighted by Crippen LogP contribution is -2.41. The molecule has 1 amide bonds. The highest BCUT2D eigenvalue weighted by Crippen LogP contribution is 2.35. The topological polar surface area (TPSA) is 66.5 Å². The van der Waals surface area contributed by atoms with Crippen LogP contribution in [0.25, 0.3) is 0 Å². The Balaban J connectivity index is 1.66. The van der Waals surface area contributed by atoms with E-state index in [-0.39, 0.29) is 20.6 Å². The van der Waals surface area contributed by atoms with Gasteiger partial charge in [0.25, 0.3) is 10.0 Å². The van der Waals surface area contributed by atoms with Crippen LogP contribution in [0.1, 0.15) is 6.42 Å². The maximum Gasteiger partial charge on any atom is 0.264 e. The van der Waals surface area contributed by atoms with Crippen molar-refractivity contribution in [2.45, 2.75) is 16.2 Å². The highest BCUT2D eigenvalue weighted by atomic mass is 35.5. The van der Waals surface area contributed by atoms with E-state index in [0.29, 0.717) is 18.0 Å². The summed E-state index contributed by atoms with van der Waals surface area (Å²) in [4.78, 5) is 13.8. The Morgan fingerprint density at radius 3 is 2.30 bits per heavy atom. The van der Waals surface area contributed by atoms with Crippen molar-refractivity contribution >= 4 is 68.2 Å². The van der Waals surface area contributed by atoms with Crippen LogP contribution in [-0.2, 0) is 14.8 Å².